The normalized spacial score (nSPS) is 11.2. The molecule has 0 fully saturated rings. The minimum absolute atomic E-state index is 1.13. The van der Waals surface area contributed by atoms with Crippen LogP contribution in [0.4, 0.5) is 17.1 Å². The van der Waals surface area contributed by atoms with Crippen molar-refractivity contribution in [2.45, 2.75) is 0 Å². The van der Waals surface area contributed by atoms with Crippen LogP contribution in [-0.2, 0) is 0 Å². The Balaban J connectivity index is 1.37. The topological polar surface area (TPSA) is 3.24 Å². The van der Waals surface area contributed by atoms with E-state index >= 15 is 0 Å². The van der Waals surface area contributed by atoms with Gasteiger partial charge in [-0.05, 0) is 0 Å². The Morgan fingerprint density at radius 1 is 0.250 bits per heavy atom. The van der Waals surface area contributed by atoms with Gasteiger partial charge in [-0.15, -0.1) is 0 Å². The quantitative estimate of drug-likeness (QED) is 0.154. The first-order chi connectivity index (χ1) is 21.8. The summed E-state index contributed by atoms with van der Waals surface area (Å²) in [5.41, 5.74) is 5.84. The van der Waals surface area contributed by atoms with Crippen LogP contribution in [0.5, 0.6) is 0 Å². The summed E-state index contributed by atoms with van der Waals surface area (Å²) in [6, 6.07) is 73.0. The maximum absolute atomic E-state index is 3.32. The number of hydrogen-bond acceptors (Lipinski definition) is 1. The molecule has 7 rings (SSSR count). The second kappa shape index (κ2) is 12.6. The second-order valence-electron chi connectivity index (χ2n) is 11.0. The third-order valence-corrected chi connectivity index (χ3v) is 18.5. The molecule has 0 spiro atoms. The third kappa shape index (κ3) is 5.28. The average Bonchev–Trinajstić information content (AvgIpc) is 3.12. The molecular weight excluding hydrogens is 591 g/mol. The zero-order valence-electron chi connectivity index (χ0n) is 24.5. The third-order valence-electron chi connectivity index (χ3n) is 8.43. The number of rotatable bonds is 8. The van der Waals surface area contributed by atoms with Crippen molar-refractivity contribution in [3.8, 4) is 11.1 Å². The molecule has 0 amide bonds. The molecule has 210 valence electrons. The molecule has 0 atom stereocenters. The molecule has 44 heavy (non-hydrogen) atoms. The fraction of sp³-hybridized carbons (Fsp3) is 0. The first-order valence-electron chi connectivity index (χ1n) is 15.1. The summed E-state index contributed by atoms with van der Waals surface area (Å²) >= 11 is -3.32. The van der Waals surface area contributed by atoms with Gasteiger partial charge in [0.25, 0.3) is 0 Å². The van der Waals surface area contributed by atoms with Gasteiger partial charge in [0.1, 0.15) is 0 Å². The molecule has 0 unspecified atom stereocenters. The van der Waals surface area contributed by atoms with Crippen LogP contribution in [0.2, 0.25) is 0 Å². The molecule has 0 aliphatic rings. The van der Waals surface area contributed by atoms with E-state index in [-0.39, 0.29) is 0 Å². The number of anilines is 3. The Labute approximate surface area is 263 Å². The van der Waals surface area contributed by atoms with E-state index in [9.17, 15) is 0 Å². The molecular formula is C42H33GeN. The minimum atomic E-state index is -3.32. The Kier molecular flexibility index (Phi) is 7.95. The number of hydrogen-bond donors (Lipinski definition) is 0. The van der Waals surface area contributed by atoms with Gasteiger partial charge in [0.2, 0.25) is 0 Å². The second-order valence-corrected chi connectivity index (χ2v) is 19.0. The molecule has 0 aliphatic carbocycles. The first kappa shape index (κ1) is 27.7. The van der Waals surface area contributed by atoms with Crippen molar-refractivity contribution in [2.24, 2.45) is 0 Å². The van der Waals surface area contributed by atoms with Gasteiger partial charge in [0, 0.05) is 0 Å². The van der Waals surface area contributed by atoms with E-state index in [1.54, 1.807) is 0 Å². The van der Waals surface area contributed by atoms with Crippen LogP contribution in [0.25, 0.3) is 11.1 Å². The molecule has 0 radical (unpaired) electrons. The molecule has 7 aromatic carbocycles. The zero-order valence-corrected chi connectivity index (χ0v) is 26.6. The Morgan fingerprint density at radius 3 is 0.977 bits per heavy atom. The standard InChI is InChI=1S/C42H33GeN/c1-6-16-34(17-7-1)35-26-30-41(31-27-35)44(40-24-14-5-15-25-40)42-32-28-39(29-33-42)43(36-18-8-2-9-19-36,37-20-10-3-11-21-37)38-22-12-4-13-23-38/h1-33H. The maximum atomic E-state index is 2.39. The predicted molar refractivity (Wildman–Crippen MR) is 190 cm³/mol. The molecule has 1 nitrogen and oxygen atoms in total. The van der Waals surface area contributed by atoms with Crippen molar-refractivity contribution >= 4 is 47.9 Å². The van der Waals surface area contributed by atoms with Crippen molar-refractivity contribution in [3.05, 3.63) is 200 Å². The van der Waals surface area contributed by atoms with Crippen LogP contribution < -0.4 is 22.5 Å². The summed E-state index contributed by atoms with van der Waals surface area (Å²) in [5.74, 6) is 0. The van der Waals surface area contributed by atoms with Gasteiger partial charge in [0.05, 0.1) is 0 Å². The number of nitrogens with zero attached hydrogens (tertiary/aromatic N) is 1. The van der Waals surface area contributed by atoms with Crippen molar-refractivity contribution in [2.75, 3.05) is 4.90 Å². The summed E-state index contributed by atoms with van der Waals surface area (Å²) in [5, 5.41) is 0. The number of benzene rings is 7. The van der Waals surface area contributed by atoms with Gasteiger partial charge >= 0.3 is 258 Å². The van der Waals surface area contributed by atoms with E-state index in [0.29, 0.717) is 0 Å². The SMILES string of the molecule is c1ccc(-c2ccc(N(c3ccccc3)c3cc[c]([Ge]([c]4ccccc4)([c]4ccccc4)[c]4ccccc4)cc3)cc2)cc1. The predicted octanol–water partition coefficient (Wildman–Crippen LogP) is 8.20. The van der Waals surface area contributed by atoms with Crippen LogP contribution in [0.1, 0.15) is 0 Å². The summed E-state index contributed by atoms with van der Waals surface area (Å²) in [6.07, 6.45) is 0. The molecule has 0 bridgehead atoms. The van der Waals surface area contributed by atoms with Gasteiger partial charge in [-0.3, -0.25) is 0 Å². The molecule has 2 heteroatoms. The molecule has 0 aromatic heterocycles. The van der Waals surface area contributed by atoms with Gasteiger partial charge in [-0.2, -0.15) is 0 Å². The van der Waals surface area contributed by atoms with E-state index < -0.39 is 13.3 Å². The van der Waals surface area contributed by atoms with Gasteiger partial charge in [0.15, 0.2) is 0 Å². The molecule has 0 heterocycles. The van der Waals surface area contributed by atoms with Gasteiger partial charge in [-0.1, -0.05) is 6.07 Å². The monoisotopic (exact) mass is 625 g/mol. The first-order valence-corrected chi connectivity index (χ1v) is 19.3. The van der Waals surface area contributed by atoms with Crippen LogP contribution in [0.3, 0.4) is 0 Å². The van der Waals surface area contributed by atoms with Crippen molar-refractivity contribution in [1.29, 1.82) is 0 Å². The van der Waals surface area contributed by atoms with E-state index in [0.717, 1.165) is 17.1 Å². The van der Waals surface area contributed by atoms with Crippen LogP contribution in [0.15, 0.2) is 200 Å². The molecule has 0 aliphatic heterocycles. The van der Waals surface area contributed by atoms with Crippen LogP contribution >= 0.6 is 0 Å². The zero-order chi connectivity index (χ0) is 29.6. The van der Waals surface area contributed by atoms with Crippen molar-refractivity contribution < 1.29 is 0 Å². The van der Waals surface area contributed by atoms with Crippen LogP contribution in [-0.4, -0.2) is 13.3 Å². The Bertz CT molecular complexity index is 1810. The van der Waals surface area contributed by atoms with Crippen molar-refractivity contribution in [3.63, 3.8) is 0 Å². The molecule has 0 saturated heterocycles. The van der Waals surface area contributed by atoms with E-state index in [1.165, 1.54) is 28.7 Å². The summed E-state index contributed by atoms with van der Waals surface area (Å²) < 4.78 is 5.68. The fourth-order valence-corrected chi connectivity index (χ4v) is 16.3. The van der Waals surface area contributed by atoms with E-state index in [4.69, 9.17) is 0 Å². The molecule has 0 saturated carbocycles. The molecule has 7 aromatic rings. The van der Waals surface area contributed by atoms with Gasteiger partial charge < -0.3 is 0 Å². The van der Waals surface area contributed by atoms with E-state index in [2.05, 4.69) is 205 Å². The van der Waals surface area contributed by atoms with Gasteiger partial charge in [-0.25, -0.2) is 0 Å². The fourth-order valence-electron chi connectivity index (χ4n) is 6.38. The van der Waals surface area contributed by atoms with E-state index in [1.807, 2.05) is 0 Å². The number of para-hydroxylation sites is 1. The Morgan fingerprint density at radius 2 is 0.545 bits per heavy atom. The van der Waals surface area contributed by atoms with Crippen molar-refractivity contribution in [1.82, 2.24) is 0 Å². The summed E-state index contributed by atoms with van der Waals surface area (Å²) in [7, 11) is 0. The average molecular weight is 624 g/mol. The van der Waals surface area contributed by atoms with Crippen LogP contribution in [0, 0.1) is 0 Å². The summed E-state index contributed by atoms with van der Waals surface area (Å²) in [6.45, 7) is 0. The molecule has 0 N–H and O–H groups in total. The Hall–Kier alpha value is -5.12. The summed E-state index contributed by atoms with van der Waals surface area (Å²) in [4.78, 5) is 2.35.